The van der Waals surface area contributed by atoms with E-state index in [0.29, 0.717) is 5.92 Å². The summed E-state index contributed by atoms with van der Waals surface area (Å²) in [5, 5.41) is 3.37. The van der Waals surface area contributed by atoms with Gasteiger partial charge in [0.05, 0.1) is 5.69 Å². The minimum Gasteiger partial charge on any atom is -0.367 e. The van der Waals surface area contributed by atoms with Gasteiger partial charge in [-0.3, -0.25) is 0 Å². The SMILES string of the molecule is Cc1cccc(F)c1N1CCNCC(C)C1. The van der Waals surface area contributed by atoms with E-state index in [9.17, 15) is 4.39 Å². The van der Waals surface area contributed by atoms with Gasteiger partial charge in [-0.25, -0.2) is 4.39 Å². The summed E-state index contributed by atoms with van der Waals surface area (Å²) in [4.78, 5) is 2.16. The smallest absolute Gasteiger partial charge is 0.146 e. The number of halogens is 1. The zero-order valence-corrected chi connectivity index (χ0v) is 9.96. The van der Waals surface area contributed by atoms with Crippen LogP contribution in [0.15, 0.2) is 18.2 Å². The van der Waals surface area contributed by atoms with E-state index in [1.807, 2.05) is 13.0 Å². The highest BCUT2D eigenvalue weighted by atomic mass is 19.1. The molecule has 0 spiro atoms. The fourth-order valence-electron chi connectivity index (χ4n) is 2.32. The van der Waals surface area contributed by atoms with Gasteiger partial charge in [0.15, 0.2) is 0 Å². The third-order valence-electron chi connectivity index (χ3n) is 3.09. The lowest BCUT2D eigenvalue weighted by Gasteiger charge is -2.26. The summed E-state index contributed by atoms with van der Waals surface area (Å²) in [6, 6.07) is 5.29. The molecule has 1 heterocycles. The molecule has 1 fully saturated rings. The molecule has 16 heavy (non-hydrogen) atoms. The quantitative estimate of drug-likeness (QED) is 0.783. The number of nitrogens with one attached hydrogen (secondary N) is 1. The van der Waals surface area contributed by atoms with Crippen molar-refractivity contribution < 1.29 is 4.39 Å². The highest BCUT2D eigenvalue weighted by molar-refractivity contribution is 5.54. The molecule has 1 aliphatic rings. The average molecular weight is 222 g/mol. The van der Waals surface area contributed by atoms with Crippen LogP contribution in [0.3, 0.4) is 0 Å². The van der Waals surface area contributed by atoms with Crippen LogP contribution in [0.4, 0.5) is 10.1 Å². The van der Waals surface area contributed by atoms with Gasteiger partial charge in [-0.05, 0) is 31.0 Å². The van der Waals surface area contributed by atoms with Gasteiger partial charge in [-0.2, -0.15) is 0 Å². The van der Waals surface area contributed by atoms with Crippen LogP contribution in [-0.2, 0) is 0 Å². The Morgan fingerprint density at radius 2 is 2.25 bits per heavy atom. The first-order chi connectivity index (χ1) is 7.68. The molecule has 0 radical (unpaired) electrons. The maximum Gasteiger partial charge on any atom is 0.146 e. The summed E-state index contributed by atoms with van der Waals surface area (Å²) >= 11 is 0. The van der Waals surface area contributed by atoms with Gasteiger partial charge in [0.25, 0.3) is 0 Å². The van der Waals surface area contributed by atoms with Crippen LogP contribution in [0, 0.1) is 18.7 Å². The lowest BCUT2D eigenvalue weighted by atomic mass is 10.1. The Morgan fingerprint density at radius 1 is 1.44 bits per heavy atom. The van der Waals surface area contributed by atoms with E-state index >= 15 is 0 Å². The molecule has 0 aromatic heterocycles. The van der Waals surface area contributed by atoms with Crippen molar-refractivity contribution in [2.24, 2.45) is 5.92 Å². The zero-order valence-electron chi connectivity index (χ0n) is 9.96. The Bertz CT molecular complexity index is 345. The predicted molar refractivity (Wildman–Crippen MR) is 65.4 cm³/mol. The standard InChI is InChI=1S/C13H19FN2/c1-10-8-15-6-7-16(9-10)13-11(2)4-3-5-12(13)14/h3-5,10,15H,6-9H2,1-2H3. The van der Waals surface area contributed by atoms with Gasteiger partial charge in [-0.15, -0.1) is 0 Å². The number of aryl methyl sites for hydroxylation is 1. The Balaban J connectivity index is 2.28. The maximum absolute atomic E-state index is 13.8. The fourth-order valence-corrected chi connectivity index (χ4v) is 2.32. The Morgan fingerprint density at radius 3 is 3.00 bits per heavy atom. The second-order valence-corrected chi connectivity index (χ2v) is 4.66. The Kier molecular flexibility index (Phi) is 3.44. The molecule has 0 bridgehead atoms. The Hall–Kier alpha value is -1.09. The number of anilines is 1. The molecular formula is C13H19FN2. The minimum absolute atomic E-state index is 0.103. The molecular weight excluding hydrogens is 203 g/mol. The summed E-state index contributed by atoms with van der Waals surface area (Å²) in [5.74, 6) is 0.454. The molecule has 0 aliphatic carbocycles. The van der Waals surface area contributed by atoms with Crippen molar-refractivity contribution in [3.63, 3.8) is 0 Å². The molecule has 0 amide bonds. The van der Waals surface area contributed by atoms with Crippen LogP contribution >= 0.6 is 0 Å². The second-order valence-electron chi connectivity index (χ2n) is 4.66. The third-order valence-corrected chi connectivity index (χ3v) is 3.09. The van der Waals surface area contributed by atoms with Gasteiger partial charge in [-0.1, -0.05) is 19.1 Å². The van der Waals surface area contributed by atoms with E-state index < -0.39 is 0 Å². The van der Waals surface area contributed by atoms with E-state index in [0.717, 1.165) is 37.4 Å². The van der Waals surface area contributed by atoms with Crippen molar-refractivity contribution in [2.45, 2.75) is 13.8 Å². The molecule has 1 saturated heterocycles. The highest BCUT2D eigenvalue weighted by Gasteiger charge is 2.18. The van der Waals surface area contributed by atoms with Gasteiger partial charge in [0.1, 0.15) is 5.82 Å². The van der Waals surface area contributed by atoms with Crippen LogP contribution < -0.4 is 10.2 Å². The van der Waals surface area contributed by atoms with Gasteiger partial charge < -0.3 is 10.2 Å². The molecule has 3 heteroatoms. The average Bonchev–Trinajstić information content (AvgIpc) is 2.43. The molecule has 1 aromatic rings. The van der Waals surface area contributed by atoms with E-state index in [4.69, 9.17) is 0 Å². The van der Waals surface area contributed by atoms with Crippen LogP contribution in [0.1, 0.15) is 12.5 Å². The number of hydrogen-bond donors (Lipinski definition) is 1. The topological polar surface area (TPSA) is 15.3 Å². The monoisotopic (exact) mass is 222 g/mol. The van der Waals surface area contributed by atoms with Crippen molar-refractivity contribution in [3.05, 3.63) is 29.6 Å². The lowest BCUT2D eigenvalue weighted by Crippen LogP contribution is -2.30. The van der Waals surface area contributed by atoms with E-state index in [1.54, 1.807) is 12.1 Å². The van der Waals surface area contributed by atoms with Gasteiger partial charge >= 0.3 is 0 Å². The number of para-hydroxylation sites is 1. The molecule has 88 valence electrons. The first-order valence-corrected chi connectivity index (χ1v) is 5.89. The molecule has 1 atom stereocenters. The minimum atomic E-state index is -0.103. The van der Waals surface area contributed by atoms with Gasteiger partial charge in [0, 0.05) is 19.6 Å². The lowest BCUT2D eigenvalue weighted by molar-refractivity contribution is 0.558. The van der Waals surface area contributed by atoms with E-state index in [-0.39, 0.29) is 5.82 Å². The van der Waals surface area contributed by atoms with E-state index in [2.05, 4.69) is 17.1 Å². The summed E-state index contributed by atoms with van der Waals surface area (Å²) in [6.45, 7) is 7.92. The summed E-state index contributed by atoms with van der Waals surface area (Å²) in [5.41, 5.74) is 1.80. The largest absolute Gasteiger partial charge is 0.367 e. The highest BCUT2D eigenvalue weighted by Crippen LogP contribution is 2.24. The second kappa shape index (κ2) is 4.83. The van der Waals surface area contributed by atoms with Crippen molar-refractivity contribution in [1.29, 1.82) is 0 Å². The molecule has 2 nitrogen and oxygen atoms in total. The normalized spacial score (nSPS) is 21.9. The first-order valence-electron chi connectivity index (χ1n) is 5.89. The first kappa shape index (κ1) is 11.4. The predicted octanol–water partition coefficient (Wildman–Crippen LogP) is 2.18. The van der Waals surface area contributed by atoms with Crippen molar-refractivity contribution in [2.75, 3.05) is 31.1 Å². The molecule has 2 rings (SSSR count). The van der Waals surface area contributed by atoms with Crippen LogP contribution in [0.2, 0.25) is 0 Å². The number of hydrogen-bond acceptors (Lipinski definition) is 2. The Labute approximate surface area is 96.5 Å². The molecule has 1 aromatic carbocycles. The zero-order chi connectivity index (χ0) is 11.5. The van der Waals surface area contributed by atoms with Crippen LogP contribution in [0.5, 0.6) is 0 Å². The molecule has 1 N–H and O–H groups in total. The fraction of sp³-hybridized carbons (Fsp3) is 0.538. The summed E-state index contributed by atoms with van der Waals surface area (Å²) in [6.07, 6.45) is 0. The molecule has 1 aliphatic heterocycles. The summed E-state index contributed by atoms with van der Waals surface area (Å²) in [7, 11) is 0. The number of rotatable bonds is 1. The van der Waals surface area contributed by atoms with E-state index in [1.165, 1.54) is 0 Å². The van der Waals surface area contributed by atoms with Crippen LogP contribution in [-0.4, -0.2) is 26.2 Å². The number of nitrogens with zero attached hydrogens (tertiary/aromatic N) is 1. The van der Waals surface area contributed by atoms with Crippen molar-refractivity contribution >= 4 is 5.69 Å². The molecule has 1 unspecified atom stereocenters. The molecule has 0 saturated carbocycles. The van der Waals surface area contributed by atoms with Gasteiger partial charge in [0.2, 0.25) is 0 Å². The van der Waals surface area contributed by atoms with Crippen molar-refractivity contribution in [3.8, 4) is 0 Å². The summed E-state index contributed by atoms with van der Waals surface area (Å²) < 4.78 is 13.8. The third kappa shape index (κ3) is 2.35. The van der Waals surface area contributed by atoms with Crippen molar-refractivity contribution in [1.82, 2.24) is 5.32 Å². The number of benzene rings is 1. The van der Waals surface area contributed by atoms with Crippen LogP contribution in [0.25, 0.3) is 0 Å². The maximum atomic E-state index is 13.8.